The molecular formula is C13H17NO2. The van der Waals surface area contributed by atoms with Crippen molar-refractivity contribution in [2.24, 2.45) is 0 Å². The van der Waals surface area contributed by atoms with E-state index < -0.39 is 5.41 Å². The van der Waals surface area contributed by atoms with E-state index in [1.807, 2.05) is 25.1 Å². The van der Waals surface area contributed by atoms with Gasteiger partial charge in [-0.05, 0) is 25.0 Å². The number of carbonyl (C=O) groups excluding carboxylic acids is 1. The van der Waals surface area contributed by atoms with Crippen LogP contribution in [-0.2, 0) is 10.2 Å². The van der Waals surface area contributed by atoms with E-state index in [0.29, 0.717) is 0 Å². The molecule has 1 heterocycles. The summed E-state index contributed by atoms with van der Waals surface area (Å²) in [6.45, 7) is 4.09. The molecule has 1 aromatic rings. The number of para-hydroxylation sites is 1. The van der Waals surface area contributed by atoms with E-state index in [4.69, 9.17) is 4.74 Å². The Kier molecular flexibility index (Phi) is 2.62. The highest BCUT2D eigenvalue weighted by Gasteiger charge is 2.42. The van der Waals surface area contributed by atoms with Gasteiger partial charge in [-0.2, -0.15) is 0 Å². The van der Waals surface area contributed by atoms with Gasteiger partial charge in [0, 0.05) is 0 Å². The van der Waals surface area contributed by atoms with E-state index in [-0.39, 0.29) is 5.91 Å². The zero-order valence-corrected chi connectivity index (χ0v) is 9.96. The fourth-order valence-electron chi connectivity index (χ4n) is 2.41. The summed E-state index contributed by atoms with van der Waals surface area (Å²) in [6.07, 6.45) is 1.85. The van der Waals surface area contributed by atoms with Crippen molar-refractivity contribution in [1.29, 1.82) is 0 Å². The normalized spacial score (nSPS) is 22.8. The predicted octanol–water partition coefficient (Wildman–Crippen LogP) is 2.71. The molecule has 0 bridgehead atoms. The third kappa shape index (κ3) is 1.39. The number of rotatable bonds is 3. The summed E-state index contributed by atoms with van der Waals surface area (Å²) in [7, 11) is 1.62. The average Bonchev–Trinajstić information content (AvgIpc) is 2.52. The first kappa shape index (κ1) is 11.0. The second-order valence-corrected chi connectivity index (χ2v) is 4.42. The Morgan fingerprint density at radius 1 is 1.44 bits per heavy atom. The molecule has 1 aromatic carbocycles. The summed E-state index contributed by atoms with van der Waals surface area (Å²) >= 11 is 0. The van der Waals surface area contributed by atoms with Crippen molar-refractivity contribution in [3.8, 4) is 5.75 Å². The number of benzene rings is 1. The Morgan fingerprint density at radius 2 is 2.19 bits per heavy atom. The third-order valence-corrected chi connectivity index (χ3v) is 3.33. The molecule has 0 aliphatic carbocycles. The number of methoxy groups -OCH3 is 1. The van der Waals surface area contributed by atoms with E-state index in [0.717, 1.165) is 29.8 Å². The summed E-state index contributed by atoms with van der Waals surface area (Å²) in [5, 5.41) is 2.93. The lowest BCUT2D eigenvalue weighted by Crippen LogP contribution is -2.30. The molecule has 86 valence electrons. The summed E-state index contributed by atoms with van der Waals surface area (Å²) in [5.74, 6) is 0.819. The molecule has 0 radical (unpaired) electrons. The van der Waals surface area contributed by atoms with Crippen LogP contribution < -0.4 is 10.1 Å². The quantitative estimate of drug-likeness (QED) is 0.848. The maximum atomic E-state index is 12.0. The fourth-order valence-corrected chi connectivity index (χ4v) is 2.41. The van der Waals surface area contributed by atoms with Gasteiger partial charge in [-0.15, -0.1) is 0 Å². The van der Waals surface area contributed by atoms with Crippen LogP contribution in [0.1, 0.15) is 32.3 Å². The van der Waals surface area contributed by atoms with Crippen LogP contribution in [0.25, 0.3) is 0 Å². The van der Waals surface area contributed by atoms with Crippen LogP contribution in [-0.4, -0.2) is 13.0 Å². The van der Waals surface area contributed by atoms with Gasteiger partial charge in [0.15, 0.2) is 0 Å². The molecule has 0 spiro atoms. The largest absolute Gasteiger partial charge is 0.495 e. The number of carbonyl (C=O) groups is 1. The number of amides is 1. The summed E-state index contributed by atoms with van der Waals surface area (Å²) in [6, 6.07) is 5.81. The fraction of sp³-hybridized carbons (Fsp3) is 0.462. The Hall–Kier alpha value is -1.51. The van der Waals surface area contributed by atoms with Crippen molar-refractivity contribution in [1.82, 2.24) is 0 Å². The molecule has 1 amide bonds. The lowest BCUT2D eigenvalue weighted by Gasteiger charge is -2.21. The molecule has 0 saturated carbocycles. The van der Waals surface area contributed by atoms with Crippen LogP contribution in [0.4, 0.5) is 5.69 Å². The summed E-state index contributed by atoms with van der Waals surface area (Å²) in [4.78, 5) is 12.0. The van der Waals surface area contributed by atoms with Gasteiger partial charge in [-0.1, -0.05) is 25.5 Å². The molecule has 1 aliphatic heterocycles. The topological polar surface area (TPSA) is 38.3 Å². The molecule has 0 fully saturated rings. The van der Waals surface area contributed by atoms with Gasteiger partial charge in [0.05, 0.1) is 18.2 Å². The van der Waals surface area contributed by atoms with Crippen LogP contribution in [0.2, 0.25) is 0 Å². The van der Waals surface area contributed by atoms with Crippen molar-refractivity contribution in [3.05, 3.63) is 23.8 Å². The number of nitrogens with one attached hydrogen (secondary N) is 1. The van der Waals surface area contributed by atoms with Gasteiger partial charge in [0.1, 0.15) is 5.75 Å². The Bertz CT molecular complexity index is 428. The van der Waals surface area contributed by atoms with Crippen molar-refractivity contribution >= 4 is 11.6 Å². The minimum atomic E-state index is -0.404. The lowest BCUT2D eigenvalue weighted by atomic mass is 9.80. The number of hydrogen-bond acceptors (Lipinski definition) is 2. The minimum Gasteiger partial charge on any atom is -0.495 e. The van der Waals surface area contributed by atoms with Crippen LogP contribution in [0.15, 0.2) is 18.2 Å². The predicted molar refractivity (Wildman–Crippen MR) is 63.9 cm³/mol. The third-order valence-electron chi connectivity index (χ3n) is 3.33. The van der Waals surface area contributed by atoms with Gasteiger partial charge in [-0.25, -0.2) is 0 Å². The summed E-state index contributed by atoms with van der Waals surface area (Å²) < 4.78 is 5.26. The van der Waals surface area contributed by atoms with Crippen LogP contribution in [0, 0.1) is 0 Å². The molecule has 16 heavy (non-hydrogen) atoms. The number of hydrogen-bond donors (Lipinski definition) is 1. The lowest BCUT2D eigenvalue weighted by molar-refractivity contribution is -0.120. The molecule has 1 unspecified atom stereocenters. The van der Waals surface area contributed by atoms with Crippen molar-refractivity contribution in [2.75, 3.05) is 12.4 Å². The van der Waals surface area contributed by atoms with Gasteiger partial charge in [0.2, 0.25) is 5.91 Å². The Balaban J connectivity index is 2.53. The van der Waals surface area contributed by atoms with E-state index in [1.165, 1.54) is 0 Å². The highest BCUT2D eigenvalue weighted by atomic mass is 16.5. The highest BCUT2D eigenvalue weighted by molar-refractivity contribution is 6.07. The van der Waals surface area contributed by atoms with E-state index in [2.05, 4.69) is 12.2 Å². The first-order valence-corrected chi connectivity index (χ1v) is 5.62. The summed E-state index contributed by atoms with van der Waals surface area (Å²) in [5.41, 5.74) is 1.49. The Morgan fingerprint density at radius 3 is 2.81 bits per heavy atom. The van der Waals surface area contributed by atoms with Crippen molar-refractivity contribution in [3.63, 3.8) is 0 Å². The van der Waals surface area contributed by atoms with Crippen LogP contribution in [0.3, 0.4) is 0 Å². The average molecular weight is 219 g/mol. The molecule has 1 N–H and O–H groups in total. The minimum absolute atomic E-state index is 0.0776. The number of ether oxygens (including phenoxy) is 1. The molecule has 0 aromatic heterocycles. The van der Waals surface area contributed by atoms with E-state index in [1.54, 1.807) is 7.11 Å². The zero-order chi connectivity index (χ0) is 11.8. The molecule has 3 heteroatoms. The number of anilines is 1. The molecule has 0 saturated heterocycles. The molecule has 1 aliphatic rings. The number of fused-ring (bicyclic) bond motifs is 1. The second-order valence-electron chi connectivity index (χ2n) is 4.42. The molecule has 2 rings (SSSR count). The first-order chi connectivity index (χ1) is 7.63. The highest BCUT2D eigenvalue weighted by Crippen LogP contribution is 2.44. The molecule has 1 atom stereocenters. The SMILES string of the molecule is CCCC1(C)C(=O)Nc2c(OC)cccc21. The van der Waals surface area contributed by atoms with Gasteiger partial charge < -0.3 is 10.1 Å². The first-order valence-electron chi connectivity index (χ1n) is 5.62. The maximum Gasteiger partial charge on any atom is 0.234 e. The maximum absolute atomic E-state index is 12.0. The second kappa shape index (κ2) is 3.81. The standard InChI is InChI=1S/C13H17NO2/c1-4-8-13(2)9-6-5-7-10(16-3)11(9)14-12(13)15/h5-7H,4,8H2,1-3H3,(H,14,15). The monoisotopic (exact) mass is 219 g/mol. The van der Waals surface area contributed by atoms with Gasteiger partial charge >= 0.3 is 0 Å². The van der Waals surface area contributed by atoms with Gasteiger partial charge in [-0.3, -0.25) is 4.79 Å². The van der Waals surface area contributed by atoms with Crippen LogP contribution >= 0.6 is 0 Å². The van der Waals surface area contributed by atoms with Crippen molar-refractivity contribution in [2.45, 2.75) is 32.1 Å². The smallest absolute Gasteiger partial charge is 0.234 e. The zero-order valence-electron chi connectivity index (χ0n) is 9.96. The van der Waals surface area contributed by atoms with Gasteiger partial charge in [0.25, 0.3) is 0 Å². The van der Waals surface area contributed by atoms with E-state index in [9.17, 15) is 4.79 Å². The van der Waals surface area contributed by atoms with E-state index >= 15 is 0 Å². The molecule has 3 nitrogen and oxygen atoms in total. The molecular weight excluding hydrogens is 202 g/mol. The van der Waals surface area contributed by atoms with Crippen molar-refractivity contribution < 1.29 is 9.53 Å². The van der Waals surface area contributed by atoms with Crippen LogP contribution in [0.5, 0.6) is 5.75 Å². The Labute approximate surface area is 95.8 Å².